The second-order valence-electron chi connectivity index (χ2n) is 3.14. The number of carboxylic acids is 1. The third-order valence-corrected chi connectivity index (χ3v) is 2.43. The van der Waals surface area contributed by atoms with E-state index in [4.69, 9.17) is 5.11 Å². The van der Waals surface area contributed by atoms with E-state index in [1.54, 1.807) is 18.8 Å². The molecule has 0 aromatic rings. The molecule has 88 valence electrons. The van der Waals surface area contributed by atoms with Crippen LogP contribution in [-0.2, 0) is 4.79 Å². The van der Waals surface area contributed by atoms with Gasteiger partial charge >= 0.3 is 12.0 Å². The third kappa shape index (κ3) is 8.11. The van der Waals surface area contributed by atoms with Crippen LogP contribution in [0.4, 0.5) is 4.79 Å². The minimum Gasteiger partial charge on any atom is -0.481 e. The van der Waals surface area contributed by atoms with Gasteiger partial charge in [-0.2, -0.15) is 11.8 Å². The molecule has 15 heavy (non-hydrogen) atoms. The van der Waals surface area contributed by atoms with Crippen LogP contribution in [0.2, 0.25) is 0 Å². The molecule has 2 N–H and O–H groups in total. The maximum absolute atomic E-state index is 11.4. The number of urea groups is 1. The Bertz CT molecular complexity index is 212. The molecule has 0 saturated heterocycles. The molecule has 0 aliphatic heterocycles. The number of carbonyl (C=O) groups excluding carboxylic acids is 1. The number of nitrogens with one attached hydrogen (secondary N) is 1. The van der Waals surface area contributed by atoms with Crippen LogP contribution in [0.5, 0.6) is 0 Å². The Morgan fingerprint density at radius 3 is 2.67 bits per heavy atom. The van der Waals surface area contributed by atoms with Gasteiger partial charge in [-0.1, -0.05) is 0 Å². The maximum Gasteiger partial charge on any atom is 0.317 e. The number of rotatable bonds is 7. The van der Waals surface area contributed by atoms with Crippen LogP contribution in [-0.4, -0.2) is 54.2 Å². The van der Waals surface area contributed by atoms with Gasteiger partial charge in [0, 0.05) is 32.3 Å². The average molecular weight is 234 g/mol. The number of carbonyl (C=O) groups is 2. The van der Waals surface area contributed by atoms with E-state index in [-0.39, 0.29) is 12.5 Å². The van der Waals surface area contributed by atoms with Crippen LogP contribution < -0.4 is 5.32 Å². The lowest BCUT2D eigenvalue weighted by atomic mass is 10.3. The summed E-state index contributed by atoms with van der Waals surface area (Å²) in [5, 5.41) is 11.2. The topological polar surface area (TPSA) is 69.6 Å². The van der Waals surface area contributed by atoms with Crippen LogP contribution in [0.25, 0.3) is 0 Å². The summed E-state index contributed by atoms with van der Waals surface area (Å²) >= 11 is 1.67. The minimum absolute atomic E-state index is 0.0996. The number of aliphatic carboxylic acids is 1. The molecule has 5 nitrogen and oxygen atoms in total. The van der Waals surface area contributed by atoms with Crippen LogP contribution >= 0.6 is 11.8 Å². The van der Waals surface area contributed by atoms with E-state index < -0.39 is 5.97 Å². The fraction of sp³-hybridized carbons (Fsp3) is 0.778. The second-order valence-corrected chi connectivity index (χ2v) is 4.13. The molecule has 0 aromatic carbocycles. The van der Waals surface area contributed by atoms with E-state index in [9.17, 15) is 9.59 Å². The zero-order valence-electron chi connectivity index (χ0n) is 9.15. The van der Waals surface area contributed by atoms with E-state index in [1.165, 1.54) is 4.90 Å². The molecule has 2 amide bonds. The summed E-state index contributed by atoms with van der Waals surface area (Å²) in [5.74, 6) is 0.0560. The van der Waals surface area contributed by atoms with Crippen molar-refractivity contribution >= 4 is 23.8 Å². The largest absolute Gasteiger partial charge is 0.481 e. The van der Waals surface area contributed by atoms with Gasteiger partial charge in [0.1, 0.15) is 0 Å². The first-order chi connectivity index (χ1) is 7.07. The van der Waals surface area contributed by atoms with E-state index >= 15 is 0 Å². The van der Waals surface area contributed by atoms with Crippen molar-refractivity contribution in [3.63, 3.8) is 0 Å². The lowest BCUT2D eigenvalue weighted by Gasteiger charge is -2.17. The van der Waals surface area contributed by atoms with Gasteiger partial charge in [0.15, 0.2) is 0 Å². The Kier molecular flexibility index (Phi) is 7.89. The Labute approximate surface area is 94.2 Å². The molecule has 0 aliphatic carbocycles. The molecule has 0 unspecified atom stereocenters. The lowest BCUT2D eigenvalue weighted by molar-refractivity contribution is -0.137. The summed E-state index contributed by atoms with van der Waals surface area (Å²) in [6, 6.07) is -0.144. The van der Waals surface area contributed by atoms with Gasteiger partial charge < -0.3 is 15.3 Å². The molecular weight excluding hydrogens is 216 g/mol. The fourth-order valence-corrected chi connectivity index (χ4v) is 1.27. The number of amides is 2. The van der Waals surface area contributed by atoms with E-state index in [0.29, 0.717) is 19.5 Å². The molecular formula is C9H18N2O3S. The first kappa shape index (κ1) is 14.1. The lowest BCUT2D eigenvalue weighted by Crippen LogP contribution is -2.38. The molecule has 0 spiro atoms. The van der Waals surface area contributed by atoms with Crippen LogP contribution in [0.3, 0.4) is 0 Å². The SMILES string of the molecule is CSCCNC(=O)N(C)CCCC(=O)O. The molecule has 0 aromatic heterocycles. The van der Waals surface area contributed by atoms with Crippen LogP contribution in [0.1, 0.15) is 12.8 Å². The highest BCUT2D eigenvalue weighted by Gasteiger charge is 2.07. The summed E-state index contributed by atoms with van der Waals surface area (Å²) < 4.78 is 0. The van der Waals surface area contributed by atoms with Gasteiger partial charge in [0.2, 0.25) is 0 Å². The molecule has 0 radical (unpaired) electrons. The smallest absolute Gasteiger partial charge is 0.317 e. The number of nitrogens with zero attached hydrogens (tertiary/aromatic N) is 1. The van der Waals surface area contributed by atoms with Crippen molar-refractivity contribution in [2.24, 2.45) is 0 Å². The van der Waals surface area contributed by atoms with Crippen molar-refractivity contribution in [1.82, 2.24) is 10.2 Å². The van der Waals surface area contributed by atoms with Crippen LogP contribution in [0.15, 0.2) is 0 Å². The fourth-order valence-electron chi connectivity index (χ4n) is 0.964. The molecule has 0 saturated carbocycles. The quantitative estimate of drug-likeness (QED) is 0.641. The number of hydrogen-bond acceptors (Lipinski definition) is 3. The predicted molar refractivity (Wildman–Crippen MR) is 61.3 cm³/mol. The average Bonchev–Trinajstić information content (AvgIpc) is 2.17. The first-order valence-corrected chi connectivity index (χ1v) is 6.17. The highest BCUT2D eigenvalue weighted by molar-refractivity contribution is 7.98. The maximum atomic E-state index is 11.4. The van der Waals surface area contributed by atoms with Crippen molar-refractivity contribution in [2.75, 3.05) is 32.1 Å². The van der Waals surface area contributed by atoms with Crippen molar-refractivity contribution < 1.29 is 14.7 Å². The zero-order valence-corrected chi connectivity index (χ0v) is 9.97. The van der Waals surface area contributed by atoms with Crippen molar-refractivity contribution in [2.45, 2.75) is 12.8 Å². The van der Waals surface area contributed by atoms with Gasteiger partial charge in [-0.3, -0.25) is 4.79 Å². The molecule has 0 heterocycles. The molecule has 0 fully saturated rings. The number of hydrogen-bond donors (Lipinski definition) is 2. The minimum atomic E-state index is -0.828. The van der Waals surface area contributed by atoms with Crippen molar-refractivity contribution in [1.29, 1.82) is 0 Å². The van der Waals surface area contributed by atoms with Crippen LogP contribution in [0, 0.1) is 0 Å². The van der Waals surface area contributed by atoms with Gasteiger partial charge in [0.05, 0.1) is 0 Å². The van der Waals surface area contributed by atoms with E-state index in [2.05, 4.69) is 5.32 Å². The monoisotopic (exact) mass is 234 g/mol. The number of carboxylic acid groups (broad SMARTS) is 1. The second kappa shape index (κ2) is 8.40. The summed E-state index contributed by atoms with van der Waals surface area (Å²) in [5.41, 5.74) is 0. The van der Waals surface area contributed by atoms with Crippen molar-refractivity contribution in [3.05, 3.63) is 0 Å². The van der Waals surface area contributed by atoms with Gasteiger partial charge in [0.25, 0.3) is 0 Å². The molecule has 0 atom stereocenters. The Morgan fingerprint density at radius 1 is 1.47 bits per heavy atom. The first-order valence-electron chi connectivity index (χ1n) is 4.77. The molecule has 0 rings (SSSR count). The number of thioether (sulfide) groups is 1. The Balaban J connectivity index is 3.55. The van der Waals surface area contributed by atoms with Gasteiger partial charge in [-0.05, 0) is 12.7 Å². The van der Waals surface area contributed by atoms with Gasteiger partial charge in [-0.15, -0.1) is 0 Å². The third-order valence-electron chi connectivity index (χ3n) is 1.81. The molecule has 6 heteroatoms. The predicted octanol–water partition coefficient (Wildman–Crippen LogP) is 0.856. The van der Waals surface area contributed by atoms with Crippen molar-refractivity contribution in [3.8, 4) is 0 Å². The summed E-state index contributed by atoms with van der Waals surface area (Å²) in [6.07, 6.45) is 2.56. The normalized spacial score (nSPS) is 9.73. The Hall–Kier alpha value is -0.910. The van der Waals surface area contributed by atoms with E-state index in [1.807, 2.05) is 6.26 Å². The summed E-state index contributed by atoms with van der Waals surface area (Å²) in [4.78, 5) is 23.1. The molecule has 0 aliphatic rings. The highest BCUT2D eigenvalue weighted by Crippen LogP contribution is 1.94. The molecule has 0 bridgehead atoms. The standard InChI is InChI=1S/C9H18N2O3S/c1-11(6-3-4-8(12)13)9(14)10-5-7-15-2/h3-7H2,1-2H3,(H,10,14)(H,12,13). The summed E-state index contributed by atoms with van der Waals surface area (Å²) in [6.45, 7) is 1.11. The van der Waals surface area contributed by atoms with E-state index in [0.717, 1.165) is 5.75 Å². The highest BCUT2D eigenvalue weighted by atomic mass is 32.2. The van der Waals surface area contributed by atoms with Gasteiger partial charge in [-0.25, -0.2) is 4.79 Å². The Morgan fingerprint density at radius 2 is 2.13 bits per heavy atom. The summed E-state index contributed by atoms with van der Waals surface area (Å²) in [7, 11) is 1.66. The zero-order chi connectivity index (χ0) is 11.7.